The third-order valence-corrected chi connectivity index (χ3v) is 8.61. The van der Waals surface area contributed by atoms with E-state index in [1.54, 1.807) is 0 Å². The van der Waals surface area contributed by atoms with Gasteiger partial charge < -0.3 is 9.30 Å². The number of fused-ring (bicyclic) bond motifs is 3. The molecule has 0 aliphatic heterocycles. The predicted molar refractivity (Wildman–Crippen MR) is 187 cm³/mol. The van der Waals surface area contributed by atoms with Crippen LogP contribution >= 0.6 is 0 Å². The average Bonchev–Trinajstić information content (AvgIpc) is 3.69. The van der Waals surface area contributed by atoms with E-state index in [4.69, 9.17) is 14.8 Å². The van der Waals surface area contributed by atoms with Gasteiger partial charge in [0.05, 0.1) is 6.20 Å². The fourth-order valence-corrected chi connectivity index (χ4v) is 6.32. The maximum absolute atomic E-state index is 6.39. The van der Waals surface area contributed by atoms with Gasteiger partial charge in [0.1, 0.15) is 5.82 Å². The number of para-hydroxylation sites is 1. The predicted octanol–water partition coefficient (Wildman–Crippen LogP) is 10.4. The molecule has 6 heteroatoms. The Bertz CT molecular complexity index is 2120. The summed E-state index contributed by atoms with van der Waals surface area (Å²) in [5.41, 5.74) is 9.27. The zero-order valence-electron chi connectivity index (χ0n) is 27.1. The van der Waals surface area contributed by atoms with Gasteiger partial charge in [0.15, 0.2) is 0 Å². The minimum atomic E-state index is 0. The molecule has 3 aromatic heterocycles. The van der Waals surface area contributed by atoms with Gasteiger partial charge in [-0.2, -0.15) is 17.2 Å². The molecule has 0 atom stereocenters. The van der Waals surface area contributed by atoms with Crippen molar-refractivity contribution in [1.82, 2.24) is 19.3 Å². The van der Waals surface area contributed by atoms with E-state index in [-0.39, 0.29) is 21.1 Å². The average molecular weight is 798 g/mol. The second-order valence-corrected chi connectivity index (χ2v) is 12.0. The number of benzene rings is 4. The minimum Gasteiger partial charge on any atom is -0.509 e. The van der Waals surface area contributed by atoms with Crippen molar-refractivity contribution in [3.05, 3.63) is 132 Å². The zero-order chi connectivity index (χ0) is 31.5. The second-order valence-electron chi connectivity index (χ2n) is 12.0. The largest absolute Gasteiger partial charge is 2.00 e. The molecule has 0 spiro atoms. The molecule has 4 aromatic carbocycles. The SMILES string of the molecule is CCCCc1cccc(CCCC)c1-c1cnn(-c2[c-]c(Oc3[c-]c4c(cc3)c3ccccc3n4-c3cc(C)ccn3)ccc2)c1.[Pt+2]. The van der Waals surface area contributed by atoms with Crippen LogP contribution in [0.3, 0.4) is 0 Å². The molecule has 0 saturated heterocycles. The Morgan fingerprint density at radius 2 is 1.51 bits per heavy atom. The van der Waals surface area contributed by atoms with Crippen LogP contribution in [0.4, 0.5) is 0 Å². The summed E-state index contributed by atoms with van der Waals surface area (Å²) in [5.74, 6) is 2.08. The van der Waals surface area contributed by atoms with E-state index >= 15 is 0 Å². The molecule has 0 unspecified atom stereocenters. The second kappa shape index (κ2) is 14.5. The number of aryl methyl sites for hydroxylation is 3. The van der Waals surface area contributed by atoms with Gasteiger partial charge in [-0.05, 0) is 84.1 Å². The molecule has 5 nitrogen and oxygen atoms in total. The summed E-state index contributed by atoms with van der Waals surface area (Å²) in [6.07, 6.45) is 12.8. The number of aromatic nitrogens is 4. The van der Waals surface area contributed by atoms with E-state index in [0.29, 0.717) is 11.5 Å². The Morgan fingerprint density at radius 1 is 0.766 bits per heavy atom. The van der Waals surface area contributed by atoms with Crippen LogP contribution in [-0.2, 0) is 33.9 Å². The molecule has 0 bridgehead atoms. The van der Waals surface area contributed by atoms with Gasteiger partial charge in [-0.25, -0.2) is 4.98 Å². The van der Waals surface area contributed by atoms with Gasteiger partial charge in [-0.1, -0.05) is 68.6 Å². The van der Waals surface area contributed by atoms with Crippen molar-refractivity contribution < 1.29 is 25.8 Å². The van der Waals surface area contributed by atoms with Gasteiger partial charge in [0.2, 0.25) is 0 Å². The first-order chi connectivity index (χ1) is 22.6. The normalized spacial score (nSPS) is 11.2. The summed E-state index contributed by atoms with van der Waals surface area (Å²) in [5, 5.41) is 7.04. The van der Waals surface area contributed by atoms with Crippen molar-refractivity contribution >= 4 is 21.8 Å². The molecule has 0 aliphatic carbocycles. The van der Waals surface area contributed by atoms with E-state index in [1.807, 2.05) is 47.4 Å². The molecule has 7 aromatic rings. The molecule has 0 radical (unpaired) electrons. The Hall–Kier alpha value is -4.47. The molecular weight excluding hydrogens is 760 g/mol. The fourth-order valence-electron chi connectivity index (χ4n) is 6.32. The van der Waals surface area contributed by atoms with E-state index < -0.39 is 0 Å². The first-order valence-corrected chi connectivity index (χ1v) is 16.4. The van der Waals surface area contributed by atoms with Crippen LogP contribution in [0.25, 0.3) is 44.4 Å². The number of ether oxygens (including phenoxy) is 1. The standard InChI is InChI=1S/C41H38N4O.Pt/c1-4-6-12-30-14-10-15-31(13-7-5-2)41(30)32-27-43-44(28-32)33-16-11-17-34(25-33)46-35-20-21-37-36-18-8-9-19-38(36)45(39(37)26-35)40-24-29(3)22-23-42-40;/h8-11,14-24,27-28H,4-7,12-13H2,1-3H3;/q-2;+2. The van der Waals surface area contributed by atoms with Crippen molar-refractivity contribution in [2.45, 2.75) is 59.3 Å². The van der Waals surface area contributed by atoms with Crippen molar-refractivity contribution in [3.8, 4) is 34.1 Å². The van der Waals surface area contributed by atoms with Gasteiger partial charge in [-0.3, -0.25) is 4.68 Å². The summed E-state index contributed by atoms with van der Waals surface area (Å²) in [7, 11) is 0. The summed E-state index contributed by atoms with van der Waals surface area (Å²) >= 11 is 0. The van der Waals surface area contributed by atoms with Crippen molar-refractivity contribution in [2.75, 3.05) is 0 Å². The number of pyridine rings is 1. The quantitative estimate of drug-likeness (QED) is 0.123. The molecule has 47 heavy (non-hydrogen) atoms. The molecular formula is C41H38N4OPt. The Labute approximate surface area is 291 Å². The van der Waals surface area contributed by atoms with Gasteiger partial charge in [-0.15, -0.1) is 35.7 Å². The van der Waals surface area contributed by atoms with Crippen LogP contribution in [0.1, 0.15) is 56.2 Å². The van der Waals surface area contributed by atoms with Crippen LogP contribution in [0.5, 0.6) is 11.5 Å². The Balaban J connectivity index is 0.00000386. The molecule has 238 valence electrons. The topological polar surface area (TPSA) is 44.9 Å². The van der Waals surface area contributed by atoms with Crippen LogP contribution in [0.2, 0.25) is 0 Å². The van der Waals surface area contributed by atoms with Gasteiger partial charge in [0.25, 0.3) is 0 Å². The van der Waals surface area contributed by atoms with Gasteiger partial charge >= 0.3 is 21.1 Å². The van der Waals surface area contributed by atoms with E-state index in [9.17, 15) is 0 Å². The molecule has 3 heterocycles. The summed E-state index contributed by atoms with van der Waals surface area (Å²) in [6, 6.07) is 36.2. The maximum Gasteiger partial charge on any atom is 2.00 e. The van der Waals surface area contributed by atoms with Crippen LogP contribution in [0, 0.1) is 19.1 Å². The van der Waals surface area contributed by atoms with Gasteiger partial charge in [0, 0.05) is 35.0 Å². The minimum absolute atomic E-state index is 0. The molecule has 0 aliphatic rings. The number of hydrogen-bond acceptors (Lipinski definition) is 3. The number of nitrogens with zero attached hydrogens (tertiary/aromatic N) is 4. The smallest absolute Gasteiger partial charge is 0.509 e. The van der Waals surface area contributed by atoms with E-state index in [1.165, 1.54) is 42.4 Å². The monoisotopic (exact) mass is 797 g/mol. The van der Waals surface area contributed by atoms with E-state index in [0.717, 1.165) is 57.3 Å². The van der Waals surface area contributed by atoms with Crippen LogP contribution in [0.15, 0.2) is 104 Å². The van der Waals surface area contributed by atoms with Crippen molar-refractivity contribution in [3.63, 3.8) is 0 Å². The van der Waals surface area contributed by atoms with Crippen LogP contribution in [-0.4, -0.2) is 19.3 Å². The molecule has 0 fully saturated rings. The summed E-state index contributed by atoms with van der Waals surface area (Å²) in [4.78, 5) is 4.69. The molecule has 0 amide bonds. The zero-order valence-corrected chi connectivity index (χ0v) is 29.3. The Morgan fingerprint density at radius 3 is 2.28 bits per heavy atom. The molecule has 0 saturated carbocycles. The summed E-state index contributed by atoms with van der Waals surface area (Å²) in [6.45, 7) is 6.58. The number of rotatable bonds is 11. The Kier molecular flexibility index (Phi) is 10.0. The molecule has 0 N–H and O–H groups in total. The van der Waals surface area contributed by atoms with Crippen molar-refractivity contribution in [1.29, 1.82) is 0 Å². The number of hydrogen-bond donors (Lipinski definition) is 0. The number of unbranched alkanes of at least 4 members (excludes halogenated alkanes) is 2. The fraction of sp³-hybridized carbons (Fsp3) is 0.220. The van der Waals surface area contributed by atoms with Crippen molar-refractivity contribution in [2.24, 2.45) is 0 Å². The maximum atomic E-state index is 6.39. The molecule has 7 rings (SSSR count). The third kappa shape index (κ3) is 6.68. The summed E-state index contributed by atoms with van der Waals surface area (Å²) < 4.78 is 10.4. The first-order valence-electron chi connectivity index (χ1n) is 16.4. The third-order valence-electron chi connectivity index (χ3n) is 8.61. The van der Waals surface area contributed by atoms with E-state index in [2.05, 4.69) is 98.3 Å². The first kappa shape index (κ1) is 32.5. The van der Waals surface area contributed by atoms with Crippen LogP contribution < -0.4 is 4.74 Å².